The number of rotatable bonds is 6. The van der Waals surface area contributed by atoms with Gasteiger partial charge < -0.3 is 25.6 Å². The topological polar surface area (TPSA) is 125 Å². The number of aliphatic hydroxyl groups is 1. The van der Waals surface area contributed by atoms with E-state index in [0.717, 1.165) is 0 Å². The molecule has 0 aromatic carbocycles. The molecule has 0 saturated heterocycles. The molecule has 0 heterocycles. The molecule has 0 spiro atoms. The zero-order chi connectivity index (χ0) is 12.6. The maximum Gasteiger partial charge on any atom is 0.328 e. The van der Waals surface area contributed by atoms with Gasteiger partial charge in [0.05, 0.1) is 20.1 Å². The first-order valence-electron chi connectivity index (χ1n) is 4.46. The summed E-state index contributed by atoms with van der Waals surface area (Å²) in [4.78, 5) is 32.1. The largest absolute Gasteiger partial charge is 0.480 e. The summed E-state index contributed by atoms with van der Waals surface area (Å²) in [5.41, 5.74) is 0. The quantitative estimate of drug-likeness (QED) is 0.406. The van der Waals surface area contributed by atoms with E-state index < -0.39 is 30.6 Å². The highest BCUT2D eigenvalue weighted by Gasteiger charge is 2.18. The zero-order valence-corrected chi connectivity index (χ0v) is 8.73. The van der Waals surface area contributed by atoms with Crippen LogP contribution in [0.25, 0.3) is 0 Å². The van der Waals surface area contributed by atoms with Crippen LogP contribution in [0.2, 0.25) is 0 Å². The van der Waals surface area contributed by atoms with Gasteiger partial charge in [-0.1, -0.05) is 0 Å². The van der Waals surface area contributed by atoms with Crippen LogP contribution in [0.4, 0.5) is 4.79 Å². The van der Waals surface area contributed by atoms with Crippen molar-refractivity contribution in [1.29, 1.82) is 0 Å². The summed E-state index contributed by atoms with van der Waals surface area (Å²) in [6, 6.07) is -2.14. The molecule has 16 heavy (non-hydrogen) atoms. The Labute approximate surface area is 91.6 Å². The Morgan fingerprint density at radius 3 is 2.44 bits per heavy atom. The minimum atomic E-state index is -1.36. The minimum absolute atomic E-state index is 0.0131. The third kappa shape index (κ3) is 5.81. The van der Waals surface area contributed by atoms with Crippen LogP contribution >= 0.6 is 0 Å². The van der Waals surface area contributed by atoms with Gasteiger partial charge in [0.25, 0.3) is 0 Å². The average molecular weight is 234 g/mol. The second-order valence-corrected chi connectivity index (χ2v) is 2.80. The molecule has 92 valence electrons. The van der Waals surface area contributed by atoms with Crippen molar-refractivity contribution in [2.45, 2.75) is 12.5 Å². The number of ether oxygens (including phenoxy) is 1. The van der Waals surface area contributed by atoms with Crippen LogP contribution < -0.4 is 10.6 Å². The molecule has 2 amide bonds. The van der Waals surface area contributed by atoms with Crippen LogP contribution in [0.3, 0.4) is 0 Å². The molecule has 0 aliphatic rings. The molecule has 4 N–H and O–H groups in total. The van der Waals surface area contributed by atoms with E-state index in [0.29, 0.717) is 0 Å². The van der Waals surface area contributed by atoms with Crippen LogP contribution in [0.15, 0.2) is 0 Å². The van der Waals surface area contributed by atoms with E-state index in [9.17, 15) is 14.4 Å². The Balaban J connectivity index is 3.81. The van der Waals surface area contributed by atoms with Gasteiger partial charge in [0.1, 0.15) is 0 Å². The van der Waals surface area contributed by atoms with Crippen molar-refractivity contribution < 1.29 is 29.3 Å². The van der Waals surface area contributed by atoms with Crippen LogP contribution in [0.1, 0.15) is 6.42 Å². The Bertz CT molecular complexity index is 267. The van der Waals surface area contributed by atoms with Crippen LogP contribution in [-0.2, 0) is 14.3 Å². The molecule has 8 heteroatoms. The summed E-state index contributed by atoms with van der Waals surface area (Å²) in [5.74, 6) is -1.83. The number of aliphatic hydroxyl groups excluding tert-OH is 1. The number of methoxy groups -OCH3 is 1. The van der Waals surface area contributed by atoms with Gasteiger partial charge in [-0.15, -0.1) is 0 Å². The van der Waals surface area contributed by atoms with Crippen molar-refractivity contribution in [1.82, 2.24) is 10.6 Å². The summed E-state index contributed by atoms with van der Waals surface area (Å²) >= 11 is 0. The number of hydrogen-bond donors (Lipinski definition) is 4. The number of carbonyl (C=O) groups is 3. The van der Waals surface area contributed by atoms with E-state index in [4.69, 9.17) is 10.2 Å². The highest BCUT2D eigenvalue weighted by molar-refractivity contribution is 5.82. The van der Waals surface area contributed by atoms with E-state index in [1.54, 1.807) is 0 Å². The SMILES string of the molecule is COC(=O)CCNC(=O)N[C@@H](CO)C(=O)O. The summed E-state index contributed by atoms with van der Waals surface area (Å²) < 4.78 is 4.33. The van der Waals surface area contributed by atoms with Crippen LogP contribution in [-0.4, -0.2) is 54.5 Å². The second kappa shape index (κ2) is 7.46. The normalized spacial score (nSPS) is 11.4. The minimum Gasteiger partial charge on any atom is -0.480 e. The lowest BCUT2D eigenvalue weighted by molar-refractivity contribution is -0.141. The predicted octanol–water partition coefficient (Wildman–Crippen LogP) is -1.71. The third-order valence-electron chi connectivity index (χ3n) is 1.63. The fourth-order valence-electron chi connectivity index (χ4n) is 0.775. The number of aliphatic carboxylic acids is 1. The molecule has 0 aliphatic carbocycles. The first kappa shape index (κ1) is 14.2. The van der Waals surface area contributed by atoms with E-state index in [-0.39, 0.29) is 13.0 Å². The number of nitrogens with one attached hydrogen (secondary N) is 2. The van der Waals surface area contributed by atoms with Gasteiger partial charge in [-0.3, -0.25) is 4.79 Å². The van der Waals surface area contributed by atoms with Gasteiger partial charge in [-0.05, 0) is 0 Å². The van der Waals surface area contributed by atoms with E-state index >= 15 is 0 Å². The maximum atomic E-state index is 11.0. The number of carboxylic acid groups (broad SMARTS) is 1. The molecule has 0 aromatic rings. The number of amides is 2. The molecule has 0 rings (SSSR count). The first-order chi connectivity index (χ1) is 7.51. The molecule has 8 nitrogen and oxygen atoms in total. The number of hydrogen-bond acceptors (Lipinski definition) is 5. The van der Waals surface area contributed by atoms with Gasteiger partial charge in [-0.25, -0.2) is 9.59 Å². The lowest BCUT2D eigenvalue weighted by Crippen LogP contribution is -2.48. The van der Waals surface area contributed by atoms with Crippen LogP contribution in [0.5, 0.6) is 0 Å². The number of urea groups is 1. The molecule has 0 fully saturated rings. The lowest BCUT2D eigenvalue weighted by Gasteiger charge is -2.12. The second-order valence-electron chi connectivity index (χ2n) is 2.80. The molecule has 0 aliphatic heterocycles. The Kier molecular flexibility index (Phi) is 6.61. The van der Waals surface area contributed by atoms with Crippen molar-refractivity contribution in [2.75, 3.05) is 20.3 Å². The standard InChI is InChI=1S/C8H14N2O6/c1-16-6(12)2-3-9-8(15)10-5(4-11)7(13)14/h5,11H,2-4H2,1H3,(H,13,14)(H2,9,10,15)/t5-/m0/s1. The molecule has 1 atom stereocenters. The van der Waals surface area contributed by atoms with Gasteiger partial charge in [-0.2, -0.15) is 0 Å². The Hall–Kier alpha value is -1.83. The van der Waals surface area contributed by atoms with Gasteiger partial charge in [0.2, 0.25) is 0 Å². The molecule has 0 unspecified atom stereocenters. The van der Waals surface area contributed by atoms with E-state index in [1.165, 1.54) is 7.11 Å². The van der Waals surface area contributed by atoms with Crippen LogP contribution in [0, 0.1) is 0 Å². The molecule has 0 bridgehead atoms. The Morgan fingerprint density at radius 1 is 1.38 bits per heavy atom. The van der Waals surface area contributed by atoms with Gasteiger partial charge in [0.15, 0.2) is 6.04 Å². The van der Waals surface area contributed by atoms with Crippen molar-refractivity contribution in [3.05, 3.63) is 0 Å². The average Bonchev–Trinajstić information content (AvgIpc) is 2.25. The van der Waals surface area contributed by atoms with Crippen molar-refractivity contribution >= 4 is 18.0 Å². The molecule has 0 aromatic heterocycles. The fourth-order valence-corrected chi connectivity index (χ4v) is 0.775. The molecule has 0 radical (unpaired) electrons. The smallest absolute Gasteiger partial charge is 0.328 e. The number of carboxylic acids is 1. The highest BCUT2D eigenvalue weighted by atomic mass is 16.5. The van der Waals surface area contributed by atoms with Gasteiger partial charge >= 0.3 is 18.0 Å². The number of esters is 1. The predicted molar refractivity (Wildman–Crippen MR) is 51.7 cm³/mol. The van der Waals surface area contributed by atoms with Gasteiger partial charge in [0, 0.05) is 6.54 Å². The zero-order valence-electron chi connectivity index (χ0n) is 8.73. The fraction of sp³-hybridized carbons (Fsp3) is 0.625. The summed E-state index contributed by atoms with van der Waals surface area (Å²) in [5, 5.41) is 21.3. The molecular formula is C8H14N2O6. The highest BCUT2D eigenvalue weighted by Crippen LogP contribution is 1.84. The molecule has 0 saturated carbocycles. The van der Waals surface area contributed by atoms with E-state index in [1.807, 2.05) is 5.32 Å². The van der Waals surface area contributed by atoms with Crippen molar-refractivity contribution in [2.24, 2.45) is 0 Å². The maximum absolute atomic E-state index is 11.0. The molecular weight excluding hydrogens is 220 g/mol. The number of carbonyl (C=O) groups excluding carboxylic acids is 2. The van der Waals surface area contributed by atoms with Crippen molar-refractivity contribution in [3.63, 3.8) is 0 Å². The first-order valence-corrected chi connectivity index (χ1v) is 4.46. The van der Waals surface area contributed by atoms with Crippen molar-refractivity contribution in [3.8, 4) is 0 Å². The lowest BCUT2D eigenvalue weighted by atomic mass is 10.3. The Morgan fingerprint density at radius 2 is 2.00 bits per heavy atom. The summed E-state index contributed by atoms with van der Waals surface area (Å²) in [7, 11) is 1.22. The summed E-state index contributed by atoms with van der Waals surface area (Å²) in [6.45, 7) is -0.684. The summed E-state index contributed by atoms with van der Waals surface area (Å²) in [6.07, 6.45) is -0.0131. The third-order valence-corrected chi connectivity index (χ3v) is 1.63. The monoisotopic (exact) mass is 234 g/mol. The van der Waals surface area contributed by atoms with E-state index in [2.05, 4.69) is 10.1 Å².